The molecule has 1 heterocycles. The highest BCUT2D eigenvalue weighted by atomic mass is 19.3. The van der Waals surface area contributed by atoms with Gasteiger partial charge in [0.25, 0.3) is 0 Å². The monoisotopic (exact) mass is 183 g/mol. The van der Waals surface area contributed by atoms with E-state index in [1.807, 2.05) is 0 Å². The average molecular weight is 183 g/mol. The molecule has 1 saturated heterocycles. The Morgan fingerprint density at radius 1 is 1.42 bits per heavy atom. The fourth-order valence-corrected chi connectivity index (χ4v) is 1.14. The van der Waals surface area contributed by atoms with Crippen molar-refractivity contribution in [2.24, 2.45) is 0 Å². The highest BCUT2D eigenvalue weighted by Gasteiger charge is 2.52. The van der Waals surface area contributed by atoms with Gasteiger partial charge in [-0.2, -0.15) is 0 Å². The van der Waals surface area contributed by atoms with Gasteiger partial charge in [0.15, 0.2) is 0 Å². The number of halogens is 2. The number of alkyl halides is 2. The minimum atomic E-state index is -3.54. The Hall–Kier alpha value is -0.300. The first-order valence-electron chi connectivity index (χ1n) is 3.58. The van der Waals surface area contributed by atoms with Gasteiger partial charge in [-0.3, -0.25) is 0 Å². The Morgan fingerprint density at radius 3 is 2.50 bits per heavy atom. The van der Waals surface area contributed by atoms with Crippen LogP contribution in [0.4, 0.5) is 8.78 Å². The fourth-order valence-electron chi connectivity index (χ4n) is 1.14. The number of piperidine rings is 1. The molecule has 1 aliphatic heterocycles. The Balaban J connectivity index is 2.71. The van der Waals surface area contributed by atoms with Crippen molar-refractivity contribution < 1.29 is 24.1 Å². The zero-order valence-electron chi connectivity index (χ0n) is 6.24. The van der Waals surface area contributed by atoms with Crippen LogP contribution in [0.5, 0.6) is 0 Å². The molecule has 0 aromatic carbocycles. The van der Waals surface area contributed by atoms with Crippen LogP contribution in [0.15, 0.2) is 0 Å². The summed E-state index contributed by atoms with van der Waals surface area (Å²) in [6, 6.07) is -1.07. The molecule has 0 unspecified atom stereocenters. The first-order valence-corrected chi connectivity index (χ1v) is 3.58. The largest absolute Gasteiger partial charge is 0.395 e. The van der Waals surface area contributed by atoms with E-state index in [0.717, 1.165) is 0 Å². The normalized spacial score (nSPS) is 41.2. The third-order valence-corrected chi connectivity index (χ3v) is 1.99. The van der Waals surface area contributed by atoms with Crippen LogP contribution in [0.25, 0.3) is 0 Å². The predicted octanol–water partition coefficient (Wildman–Crippen LogP) is -1.69. The Kier molecular flexibility index (Phi) is 2.62. The van der Waals surface area contributed by atoms with Gasteiger partial charge in [-0.15, -0.1) is 0 Å². The number of aliphatic hydroxyl groups excluding tert-OH is 3. The van der Waals surface area contributed by atoms with Gasteiger partial charge in [-0.05, 0) is 0 Å². The highest BCUT2D eigenvalue weighted by molar-refractivity contribution is 4.97. The van der Waals surface area contributed by atoms with E-state index in [1.54, 1.807) is 0 Å². The molecule has 1 aliphatic rings. The van der Waals surface area contributed by atoms with Crippen LogP contribution in [0.3, 0.4) is 0 Å². The first kappa shape index (κ1) is 9.79. The minimum Gasteiger partial charge on any atom is -0.395 e. The summed E-state index contributed by atoms with van der Waals surface area (Å²) in [5.41, 5.74) is 0. The van der Waals surface area contributed by atoms with E-state index in [-0.39, 0.29) is 6.54 Å². The lowest BCUT2D eigenvalue weighted by Gasteiger charge is -2.37. The van der Waals surface area contributed by atoms with Crippen molar-refractivity contribution in [1.29, 1.82) is 0 Å². The van der Waals surface area contributed by atoms with Gasteiger partial charge in [-0.25, -0.2) is 8.78 Å². The molecular formula is C6H11F2NO3. The minimum absolute atomic E-state index is 0.324. The molecule has 6 heteroatoms. The lowest BCUT2D eigenvalue weighted by atomic mass is 9.95. The van der Waals surface area contributed by atoms with E-state index in [9.17, 15) is 8.78 Å². The lowest BCUT2D eigenvalue weighted by molar-refractivity contribution is -0.204. The second-order valence-corrected chi connectivity index (χ2v) is 2.83. The average Bonchev–Trinajstić information content (AvgIpc) is 2.02. The van der Waals surface area contributed by atoms with Gasteiger partial charge in [0, 0.05) is 6.54 Å². The number of hydrogen-bond acceptors (Lipinski definition) is 4. The molecule has 0 bridgehead atoms. The van der Waals surface area contributed by atoms with E-state index in [4.69, 9.17) is 15.3 Å². The number of aliphatic hydroxyl groups is 3. The van der Waals surface area contributed by atoms with Gasteiger partial charge in [0.05, 0.1) is 12.6 Å². The molecule has 0 saturated carbocycles. The van der Waals surface area contributed by atoms with Crippen molar-refractivity contribution in [1.82, 2.24) is 5.32 Å². The zero-order valence-corrected chi connectivity index (χ0v) is 6.24. The Labute approximate surface area is 67.8 Å². The number of nitrogens with one attached hydrogen (secondary N) is 1. The number of β-amino-alcohol motifs (C(OH)–C–C–N with tert-alkyl or cyclic N) is 1. The molecule has 0 aromatic heterocycles. The van der Waals surface area contributed by atoms with Crippen molar-refractivity contribution in [3.8, 4) is 0 Å². The van der Waals surface area contributed by atoms with Crippen LogP contribution >= 0.6 is 0 Å². The molecule has 1 fully saturated rings. The smallest absolute Gasteiger partial charge is 0.301 e. The van der Waals surface area contributed by atoms with Gasteiger partial charge < -0.3 is 20.6 Å². The molecule has 0 aliphatic carbocycles. The van der Waals surface area contributed by atoms with Crippen molar-refractivity contribution in [3.63, 3.8) is 0 Å². The molecular weight excluding hydrogens is 172 g/mol. The predicted molar refractivity (Wildman–Crippen MR) is 35.8 cm³/mol. The van der Waals surface area contributed by atoms with Crippen molar-refractivity contribution in [2.75, 3.05) is 13.2 Å². The maximum Gasteiger partial charge on any atom is 0.301 e. The highest BCUT2D eigenvalue weighted by Crippen LogP contribution is 2.28. The van der Waals surface area contributed by atoms with Gasteiger partial charge in [0.1, 0.15) is 12.2 Å². The Morgan fingerprint density at radius 2 is 2.00 bits per heavy atom. The molecule has 3 atom stereocenters. The van der Waals surface area contributed by atoms with E-state index in [0.29, 0.717) is 0 Å². The van der Waals surface area contributed by atoms with Crippen LogP contribution < -0.4 is 5.32 Å². The van der Waals surface area contributed by atoms with E-state index in [1.165, 1.54) is 0 Å². The van der Waals surface area contributed by atoms with E-state index in [2.05, 4.69) is 5.32 Å². The van der Waals surface area contributed by atoms with E-state index >= 15 is 0 Å². The molecule has 0 radical (unpaired) electrons. The molecule has 4 N–H and O–H groups in total. The molecule has 1 rings (SSSR count). The van der Waals surface area contributed by atoms with Gasteiger partial charge >= 0.3 is 5.92 Å². The first-order chi connectivity index (χ1) is 5.50. The summed E-state index contributed by atoms with van der Waals surface area (Å²) in [7, 11) is 0. The Bertz CT molecular complexity index is 167. The van der Waals surface area contributed by atoms with Crippen LogP contribution in [-0.2, 0) is 0 Å². The summed E-state index contributed by atoms with van der Waals surface area (Å²) in [6.07, 6.45) is -3.93. The third kappa shape index (κ3) is 1.42. The molecule has 0 amide bonds. The molecule has 0 spiro atoms. The van der Waals surface area contributed by atoms with Crippen LogP contribution in [-0.4, -0.2) is 52.6 Å². The molecule has 4 nitrogen and oxygen atoms in total. The van der Waals surface area contributed by atoms with Crippen LogP contribution in [0.1, 0.15) is 0 Å². The third-order valence-electron chi connectivity index (χ3n) is 1.99. The van der Waals surface area contributed by atoms with Crippen molar-refractivity contribution in [2.45, 2.75) is 24.2 Å². The summed E-state index contributed by atoms with van der Waals surface area (Å²) in [6.45, 7) is -0.904. The van der Waals surface area contributed by atoms with E-state index < -0.39 is 30.8 Å². The summed E-state index contributed by atoms with van der Waals surface area (Å²) >= 11 is 0. The second-order valence-electron chi connectivity index (χ2n) is 2.83. The molecule has 12 heavy (non-hydrogen) atoms. The topological polar surface area (TPSA) is 72.7 Å². The second kappa shape index (κ2) is 3.21. The maximum absolute atomic E-state index is 12.8. The number of rotatable bonds is 1. The van der Waals surface area contributed by atoms with Gasteiger partial charge in [-0.1, -0.05) is 0 Å². The SMILES string of the molecule is OC[C@H]1NC[C@H](O)C(F)(F)[C@@H]1O. The van der Waals surface area contributed by atoms with Gasteiger partial charge in [0.2, 0.25) is 0 Å². The number of hydrogen-bond donors (Lipinski definition) is 4. The van der Waals surface area contributed by atoms with Crippen molar-refractivity contribution in [3.05, 3.63) is 0 Å². The maximum atomic E-state index is 12.8. The quantitative estimate of drug-likeness (QED) is 0.391. The fraction of sp³-hybridized carbons (Fsp3) is 1.00. The van der Waals surface area contributed by atoms with Crippen LogP contribution in [0, 0.1) is 0 Å². The molecule has 72 valence electrons. The summed E-state index contributed by atoms with van der Waals surface area (Å²) in [5.74, 6) is -3.54. The van der Waals surface area contributed by atoms with Crippen LogP contribution in [0.2, 0.25) is 0 Å². The summed E-state index contributed by atoms with van der Waals surface area (Å²) in [4.78, 5) is 0. The standard InChI is InChI=1S/C6H11F2NO3/c7-6(8)4(11)1-9-3(2-10)5(6)12/h3-5,9-12H,1-2H2/t3-,4+,5-/m1/s1. The van der Waals surface area contributed by atoms with Crippen molar-refractivity contribution >= 4 is 0 Å². The lowest BCUT2D eigenvalue weighted by Crippen LogP contribution is -2.64. The summed E-state index contributed by atoms with van der Waals surface area (Å²) in [5, 5.41) is 28.6. The summed E-state index contributed by atoms with van der Waals surface area (Å²) < 4.78 is 25.6. The molecule has 0 aromatic rings. The zero-order chi connectivity index (χ0) is 9.35.